The van der Waals surface area contributed by atoms with Gasteiger partial charge in [-0.15, -0.1) is 0 Å². The van der Waals surface area contributed by atoms with Gasteiger partial charge in [0, 0.05) is 13.1 Å². The van der Waals surface area contributed by atoms with Crippen LogP contribution in [0, 0.1) is 5.92 Å². The number of hydrogen-bond donors (Lipinski definition) is 0. The van der Waals surface area contributed by atoms with Crippen LogP contribution >= 0.6 is 0 Å². The molecule has 124 valence electrons. The minimum absolute atomic E-state index is 0.184. The Bertz CT molecular complexity index is 433. The summed E-state index contributed by atoms with van der Waals surface area (Å²) in [5.41, 5.74) is 0.964. The second-order valence-electron chi connectivity index (χ2n) is 6.74. The first-order valence-corrected chi connectivity index (χ1v) is 8.29. The fourth-order valence-corrected chi connectivity index (χ4v) is 2.61. The summed E-state index contributed by atoms with van der Waals surface area (Å²) in [4.78, 5) is 13.9. The van der Waals surface area contributed by atoms with Crippen molar-refractivity contribution in [3.05, 3.63) is 36.0 Å². The lowest BCUT2D eigenvalue weighted by Gasteiger charge is -2.34. The first kappa shape index (κ1) is 18.5. The van der Waals surface area contributed by atoms with Crippen molar-refractivity contribution in [2.45, 2.75) is 59.5 Å². The van der Waals surface area contributed by atoms with Crippen LogP contribution in [0.15, 0.2) is 36.0 Å². The monoisotopic (exact) mass is 305 g/mol. The van der Waals surface area contributed by atoms with Crippen molar-refractivity contribution in [1.82, 2.24) is 4.90 Å². The van der Waals surface area contributed by atoms with E-state index in [0.717, 1.165) is 32.4 Å². The number of piperidine rings is 1. The number of hydrogen-bond acceptors (Lipinski definition) is 2. The second kappa shape index (κ2) is 8.82. The number of likely N-dealkylation sites (tertiary alicyclic amines) is 1. The Morgan fingerprint density at radius 2 is 1.82 bits per heavy atom. The number of amides is 1. The molecule has 0 bridgehead atoms. The van der Waals surface area contributed by atoms with Crippen LogP contribution in [0.1, 0.15) is 53.9 Å². The maximum Gasteiger partial charge on any atom is 0.410 e. The molecule has 1 heterocycles. The molecule has 1 fully saturated rings. The summed E-state index contributed by atoms with van der Waals surface area (Å²) >= 11 is 0. The van der Waals surface area contributed by atoms with E-state index in [1.165, 1.54) is 5.57 Å². The third kappa shape index (κ3) is 6.50. The molecule has 0 N–H and O–H groups in total. The Hall–Kier alpha value is -1.51. The minimum Gasteiger partial charge on any atom is -0.444 e. The first-order valence-electron chi connectivity index (χ1n) is 8.29. The molecule has 1 rings (SSSR count). The van der Waals surface area contributed by atoms with Gasteiger partial charge in [-0.3, -0.25) is 0 Å². The van der Waals surface area contributed by atoms with Crippen LogP contribution in [0.25, 0.3) is 0 Å². The van der Waals surface area contributed by atoms with Gasteiger partial charge in [0.15, 0.2) is 0 Å². The van der Waals surface area contributed by atoms with E-state index in [1.54, 1.807) is 0 Å². The molecule has 3 nitrogen and oxygen atoms in total. The summed E-state index contributed by atoms with van der Waals surface area (Å²) in [6.45, 7) is 11.4. The molecule has 0 radical (unpaired) electrons. The van der Waals surface area contributed by atoms with Crippen molar-refractivity contribution in [3.63, 3.8) is 0 Å². The van der Waals surface area contributed by atoms with E-state index in [2.05, 4.69) is 37.3 Å². The molecule has 0 unspecified atom stereocenters. The van der Waals surface area contributed by atoms with Crippen LogP contribution in [0.3, 0.4) is 0 Å². The van der Waals surface area contributed by atoms with Gasteiger partial charge in [-0.05, 0) is 65.4 Å². The number of carbonyl (C=O) groups is 1. The number of rotatable bonds is 4. The lowest BCUT2D eigenvalue weighted by Crippen LogP contribution is -2.41. The van der Waals surface area contributed by atoms with Crippen molar-refractivity contribution in [2.75, 3.05) is 13.1 Å². The zero-order valence-electron chi connectivity index (χ0n) is 14.8. The molecule has 0 aliphatic carbocycles. The normalized spacial score (nSPS) is 18.4. The Kier molecular flexibility index (Phi) is 7.43. The van der Waals surface area contributed by atoms with Crippen molar-refractivity contribution in [1.29, 1.82) is 0 Å². The number of carbonyl (C=O) groups excluding carboxylic acids is 1. The Balaban J connectivity index is 2.50. The van der Waals surface area contributed by atoms with Crippen molar-refractivity contribution >= 4 is 6.09 Å². The fraction of sp³-hybridized carbons (Fsp3) is 0.632. The molecule has 1 aliphatic heterocycles. The Morgan fingerprint density at radius 1 is 1.18 bits per heavy atom. The van der Waals surface area contributed by atoms with E-state index in [-0.39, 0.29) is 6.09 Å². The molecule has 0 aromatic carbocycles. The third-order valence-electron chi connectivity index (χ3n) is 3.77. The Labute approximate surface area is 135 Å². The van der Waals surface area contributed by atoms with E-state index in [1.807, 2.05) is 32.6 Å². The average Bonchev–Trinajstić information content (AvgIpc) is 2.46. The molecular weight excluding hydrogens is 274 g/mol. The minimum atomic E-state index is -0.419. The molecule has 0 atom stereocenters. The lowest BCUT2D eigenvalue weighted by molar-refractivity contribution is 0.0195. The largest absolute Gasteiger partial charge is 0.444 e. The molecule has 1 aliphatic rings. The maximum atomic E-state index is 12.1. The van der Waals surface area contributed by atoms with Crippen LogP contribution in [-0.2, 0) is 4.74 Å². The van der Waals surface area contributed by atoms with Gasteiger partial charge in [0.25, 0.3) is 0 Å². The van der Waals surface area contributed by atoms with Gasteiger partial charge >= 0.3 is 6.09 Å². The van der Waals surface area contributed by atoms with Crippen LogP contribution in [0.4, 0.5) is 4.79 Å². The van der Waals surface area contributed by atoms with Crippen molar-refractivity contribution in [2.24, 2.45) is 5.92 Å². The molecule has 22 heavy (non-hydrogen) atoms. The second-order valence-corrected chi connectivity index (χ2v) is 6.74. The van der Waals surface area contributed by atoms with Crippen LogP contribution in [0.2, 0.25) is 0 Å². The van der Waals surface area contributed by atoms with Gasteiger partial charge in [0.05, 0.1) is 0 Å². The van der Waals surface area contributed by atoms with Gasteiger partial charge in [-0.2, -0.15) is 0 Å². The molecule has 0 aromatic rings. The number of ether oxygens (including phenoxy) is 1. The highest BCUT2D eigenvalue weighted by Crippen LogP contribution is 2.26. The topological polar surface area (TPSA) is 29.5 Å². The van der Waals surface area contributed by atoms with Gasteiger partial charge in [-0.25, -0.2) is 4.79 Å². The number of allylic oxidation sites excluding steroid dienone is 6. The molecule has 1 amide bonds. The summed E-state index contributed by atoms with van der Waals surface area (Å²) in [7, 11) is 0. The molecule has 1 saturated heterocycles. The van der Waals surface area contributed by atoms with Gasteiger partial charge in [0.2, 0.25) is 0 Å². The quantitative estimate of drug-likeness (QED) is 0.534. The fourth-order valence-electron chi connectivity index (χ4n) is 2.61. The molecule has 0 spiro atoms. The van der Waals surface area contributed by atoms with E-state index in [4.69, 9.17) is 4.74 Å². The van der Waals surface area contributed by atoms with E-state index in [0.29, 0.717) is 5.92 Å². The first-order chi connectivity index (χ1) is 10.4. The summed E-state index contributed by atoms with van der Waals surface area (Å²) in [5.74, 6) is 0.547. The predicted molar refractivity (Wildman–Crippen MR) is 92.9 cm³/mol. The van der Waals surface area contributed by atoms with Crippen LogP contribution in [-0.4, -0.2) is 29.7 Å². The smallest absolute Gasteiger partial charge is 0.410 e. The molecular formula is C19H31NO2. The summed E-state index contributed by atoms with van der Waals surface area (Å²) in [5, 5.41) is 0. The van der Waals surface area contributed by atoms with Gasteiger partial charge in [0.1, 0.15) is 5.60 Å². The summed E-state index contributed by atoms with van der Waals surface area (Å²) in [6, 6.07) is 0. The number of nitrogens with zero attached hydrogens (tertiary/aromatic N) is 1. The average molecular weight is 305 g/mol. The van der Waals surface area contributed by atoms with E-state index >= 15 is 0 Å². The van der Waals surface area contributed by atoms with Crippen molar-refractivity contribution < 1.29 is 9.53 Å². The molecule has 0 saturated carbocycles. The summed E-state index contributed by atoms with van der Waals surface area (Å²) < 4.78 is 5.44. The third-order valence-corrected chi connectivity index (χ3v) is 3.77. The zero-order chi connectivity index (χ0) is 16.6. The molecule has 0 aromatic heterocycles. The van der Waals surface area contributed by atoms with Gasteiger partial charge < -0.3 is 9.64 Å². The Morgan fingerprint density at radius 3 is 2.32 bits per heavy atom. The van der Waals surface area contributed by atoms with Gasteiger partial charge in [-0.1, -0.05) is 30.4 Å². The molecule has 3 heteroatoms. The van der Waals surface area contributed by atoms with Crippen LogP contribution < -0.4 is 0 Å². The standard InChI is InChI=1S/C19H31NO2/c1-6-8-9-10-11-16(7-2)17-12-14-20(15-13-17)18(21)22-19(3,4)5/h6-8,10-11,17H,9,12-15H2,1-5H3/b8-6-,11-10?,16-7+. The van der Waals surface area contributed by atoms with Crippen LogP contribution in [0.5, 0.6) is 0 Å². The maximum absolute atomic E-state index is 12.1. The summed E-state index contributed by atoms with van der Waals surface area (Å²) in [6.07, 6.45) is 13.7. The van der Waals surface area contributed by atoms with Crippen molar-refractivity contribution in [3.8, 4) is 0 Å². The lowest BCUT2D eigenvalue weighted by atomic mass is 9.88. The van der Waals surface area contributed by atoms with E-state index < -0.39 is 5.60 Å². The predicted octanol–water partition coefficient (Wildman–Crippen LogP) is 5.10. The zero-order valence-corrected chi connectivity index (χ0v) is 14.8. The highest BCUT2D eigenvalue weighted by Gasteiger charge is 2.27. The highest BCUT2D eigenvalue weighted by molar-refractivity contribution is 5.68. The SMILES string of the molecule is C/C=C\CC=C/C(=C\C)C1CCN(C(=O)OC(C)(C)C)CC1. The highest BCUT2D eigenvalue weighted by atomic mass is 16.6. The van der Waals surface area contributed by atoms with E-state index in [9.17, 15) is 4.79 Å².